The van der Waals surface area contributed by atoms with Crippen LogP contribution in [-0.2, 0) is 0 Å². The summed E-state index contributed by atoms with van der Waals surface area (Å²) in [5, 5.41) is 37.4. The van der Waals surface area contributed by atoms with E-state index in [1.54, 1.807) is 18.2 Å². The molecule has 0 saturated carbocycles. The Morgan fingerprint density at radius 2 is 1.72 bits per heavy atom. The average Bonchev–Trinajstić information content (AvgIpc) is 2.44. The molecule has 0 fully saturated rings. The Balaban J connectivity index is 2.30. The molecule has 0 spiro atoms. The van der Waals surface area contributed by atoms with Crippen LogP contribution in [0, 0.1) is 0 Å². The number of aliphatic hydroxyl groups is 4. The molecule has 2 rings (SSSR count). The number of nitrogens with zero attached hydrogens (tertiary/aromatic N) is 2. The van der Waals surface area contributed by atoms with Gasteiger partial charge in [-0.15, -0.1) is 0 Å². The molecule has 6 heteroatoms. The monoisotopic (exact) mass is 250 g/mol. The first-order valence-electron chi connectivity index (χ1n) is 5.50. The van der Waals surface area contributed by atoms with Crippen molar-refractivity contribution in [2.45, 2.75) is 18.3 Å². The van der Waals surface area contributed by atoms with Crippen LogP contribution in [0.3, 0.4) is 0 Å². The molecule has 18 heavy (non-hydrogen) atoms. The molecule has 1 aromatic carbocycles. The van der Waals surface area contributed by atoms with Crippen molar-refractivity contribution >= 4 is 11.0 Å². The summed E-state index contributed by atoms with van der Waals surface area (Å²) in [7, 11) is 0. The van der Waals surface area contributed by atoms with E-state index in [2.05, 4.69) is 9.97 Å². The van der Waals surface area contributed by atoms with Gasteiger partial charge in [0.15, 0.2) is 0 Å². The van der Waals surface area contributed by atoms with E-state index >= 15 is 0 Å². The van der Waals surface area contributed by atoms with Gasteiger partial charge in [0, 0.05) is 0 Å². The summed E-state index contributed by atoms with van der Waals surface area (Å²) in [6, 6.07) is 7.11. The predicted octanol–water partition coefficient (Wildman–Crippen LogP) is -0.623. The van der Waals surface area contributed by atoms with Crippen LogP contribution in [0.15, 0.2) is 30.5 Å². The van der Waals surface area contributed by atoms with Gasteiger partial charge in [-0.25, -0.2) is 4.98 Å². The largest absolute Gasteiger partial charge is 0.394 e. The molecule has 0 aliphatic rings. The van der Waals surface area contributed by atoms with Gasteiger partial charge in [0.2, 0.25) is 0 Å². The Morgan fingerprint density at radius 3 is 2.39 bits per heavy atom. The highest BCUT2D eigenvalue weighted by Crippen LogP contribution is 2.18. The van der Waals surface area contributed by atoms with Crippen molar-refractivity contribution < 1.29 is 20.4 Å². The minimum Gasteiger partial charge on any atom is -0.394 e. The minimum atomic E-state index is -1.51. The standard InChI is InChI=1S/C12H14N2O4/c15-6-10(16)12(18)11(17)9-5-13-7-3-1-2-4-8(7)14-9/h1-5,10-12,15-18H,6H2/t10-,11-,12+/m0/s1. The number of hydrogen-bond donors (Lipinski definition) is 4. The molecule has 1 aromatic heterocycles. The molecule has 1 heterocycles. The number of aliphatic hydroxyl groups excluding tert-OH is 4. The van der Waals surface area contributed by atoms with Gasteiger partial charge in [0.1, 0.15) is 18.3 Å². The topological polar surface area (TPSA) is 107 Å². The smallest absolute Gasteiger partial charge is 0.126 e. The predicted molar refractivity (Wildman–Crippen MR) is 63.6 cm³/mol. The van der Waals surface area contributed by atoms with Crippen LogP contribution >= 0.6 is 0 Å². The molecular formula is C12H14N2O4. The third-order valence-electron chi connectivity index (χ3n) is 2.67. The molecule has 0 bridgehead atoms. The SMILES string of the molecule is OC[C@H](O)[C@@H](O)[C@@H](O)c1cnc2ccccc2n1. The van der Waals surface area contributed by atoms with Crippen molar-refractivity contribution in [3.8, 4) is 0 Å². The minimum absolute atomic E-state index is 0.147. The van der Waals surface area contributed by atoms with Crippen LogP contribution in [0.2, 0.25) is 0 Å². The van der Waals surface area contributed by atoms with Crippen molar-refractivity contribution in [2.24, 2.45) is 0 Å². The van der Waals surface area contributed by atoms with Gasteiger partial charge >= 0.3 is 0 Å². The first-order chi connectivity index (χ1) is 8.63. The van der Waals surface area contributed by atoms with Crippen molar-refractivity contribution in [2.75, 3.05) is 6.61 Å². The van der Waals surface area contributed by atoms with Gasteiger partial charge in [-0.05, 0) is 12.1 Å². The zero-order valence-electron chi connectivity index (χ0n) is 9.51. The first-order valence-corrected chi connectivity index (χ1v) is 5.50. The van der Waals surface area contributed by atoms with E-state index in [-0.39, 0.29) is 5.69 Å². The van der Waals surface area contributed by atoms with Gasteiger partial charge in [-0.2, -0.15) is 0 Å². The Labute approximate surface area is 103 Å². The van der Waals surface area contributed by atoms with E-state index < -0.39 is 24.9 Å². The molecule has 2 aromatic rings. The fourth-order valence-corrected chi connectivity index (χ4v) is 1.61. The second-order valence-corrected chi connectivity index (χ2v) is 3.97. The quantitative estimate of drug-likeness (QED) is 0.576. The summed E-state index contributed by atoms with van der Waals surface area (Å²) in [4.78, 5) is 8.24. The van der Waals surface area contributed by atoms with Crippen molar-refractivity contribution in [1.82, 2.24) is 9.97 Å². The Hall–Kier alpha value is -1.60. The highest BCUT2D eigenvalue weighted by Gasteiger charge is 2.26. The molecule has 0 saturated heterocycles. The number of rotatable bonds is 4. The van der Waals surface area contributed by atoms with Gasteiger partial charge in [0.25, 0.3) is 0 Å². The molecule has 0 radical (unpaired) electrons. The lowest BCUT2D eigenvalue weighted by atomic mass is 10.1. The highest BCUT2D eigenvalue weighted by atomic mass is 16.4. The van der Waals surface area contributed by atoms with Crippen molar-refractivity contribution in [3.05, 3.63) is 36.2 Å². The molecule has 6 nitrogen and oxygen atoms in total. The van der Waals surface area contributed by atoms with Crippen LogP contribution < -0.4 is 0 Å². The second-order valence-electron chi connectivity index (χ2n) is 3.97. The Kier molecular flexibility index (Phi) is 3.83. The van der Waals surface area contributed by atoms with E-state index in [4.69, 9.17) is 5.11 Å². The van der Waals surface area contributed by atoms with Gasteiger partial charge in [0.05, 0.1) is 29.5 Å². The number of fused-ring (bicyclic) bond motifs is 1. The van der Waals surface area contributed by atoms with Crippen molar-refractivity contribution in [3.63, 3.8) is 0 Å². The van der Waals surface area contributed by atoms with Gasteiger partial charge < -0.3 is 20.4 Å². The van der Waals surface area contributed by atoms with Gasteiger partial charge in [-0.1, -0.05) is 12.1 Å². The zero-order chi connectivity index (χ0) is 13.1. The van der Waals surface area contributed by atoms with Crippen LogP contribution in [0.1, 0.15) is 11.8 Å². The van der Waals surface area contributed by atoms with E-state index in [0.717, 1.165) is 0 Å². The van der Waals surface area contributed by atoms with Crippen LogP contribution in [0.4, 0.5) is 0 Å². The summed E-state index contributed by atoms with van der Waals surface area (Å²) in [6.07, 6.45) is -3.00. The molecule has 96 valence electrons. The third kappa shape index (κ3) is 2.46. The van der Waals surface area contributed by atoms with Crippen LogP contribution in [0.25, 0.3) is 11.0 Å². The van der Waals surface area contributed by atoms with E-state index in [9.17, 15) is 15.3 Å². The van der Waals surface area contributed by atoms with Gasteiger partial charge in [-0.3, -0.25) is 4.98 Å². The maximum absolute atomic E-state index is 9.83. The fraction of sp³-hybridized carbons (Fsp3) is 0.333. The molecule has 4 N–H and O–H groups in total. The average molecular weight is 250 g/mol. The molecule has 0 amide bonds. The summed E-state index contributed by atoms with van der Waals surface area (Å²) < 4.78 is 0. The second kappa shape index (κ2) is 5.36. The zero-order valence-corrected chi connectivity index (χ0v) is 9.51. The highest BCUT2D eigenvalue weighted by molar-refractivity contribution is 5.73. The Bertz CT molecular complexity index is 534. The summed E-state index contributed by atoms with van der Waals surface area (Å²) in [5.74, 6) is 0. The lowest BCUT2D eigenvalue weighted by Gasteiger charge is -2.20. The van der Waals surface area contributed by atoms with E-state index in [1.807, 2.05) is 6.07 Å². The summed E-state index contributed by atoms with van der Waals surface area (Å²) >= 11 is 0. The lowest BCUT2D eigenvalue weighted by Crippen LogP contribution is -2.35. The maximum Gasteiger partial charge on any atom is 0.126 e. The molecule has 3 atom stereocenters. The molecule has 0 aliphatic heterocycles. The molecule has 0 aliphatic carbocycles. The molecular weight excluding hydrogens is 236 g/mol. The van der Waals surface area contributed by atoms with Crippen LogP contribution in [0.5, 0.6) is 0 Å². The normalized spacial score (nSPS) is 16.4. The number of benzene rings is 1. The summed E-state index contributed by atoms with van der Waals surface area (Å²) in [5.41, 5.74) is 1.40. The Morgan fingerprint density at radius 1 is 1.06 bits per heavy atom. The van der Waals surface area contributed by atoms with Crippen molar-refractivity contribution in [1.29, 1.82) is 0 Å². The summed E-state index contributed by atoms with van der Waals surface area (Å²) in [6.45, 7) is -0.640. The fourth-order valence-electron chi connectivity index (χ4n) is 1.61. The van der Waals surface area contributed by atoms with E-state index in [0.29, 0.717) is 11.0 Å². The third-order valence-corrected chi connectivity index (χ3v) is 2.67. The number of aromatic nitrogens is 2. The lowest BCUT2D eigenvalue weighted by molar-refractivity contribution is -0.0789. The van der Waals surface area contributed by atoms with E-state index in [1.165, 1.54) is 6.20 Å². The first kappa shape index (κ1) is 12.8. The number of hydrogen-bond acceptors (Lipinski definition) is 6. The number of para-hydroxylation sites is 2. The molecule has 0 unspecified atom stereocenters. The maximum atomic E-state index is 9.83. The van der Waals surface area contributed by atoms with Crippen LogP contribution in [-0.4, -0.2) is 49.2 Å².